The monoisotopic (exact) mass is 543 g/mol. The molecular formula is C23H30INO6. The highest BCUT2D eigenvalue weighted by atomic mass is 127. The number of likely N-dealkylation sites (N-methyl/N-ethyl adjacent to an activating group) is 1. The van der Waals surface area contributed by atoms with Crippen LogP contribution in [0.25, 0.3) is 0 Å². The van der Waals surface area contributed by atoms with Crippen LogP contribution in [0, 0.1) is 0 Å². The Morgan fingerprint density at radius 3 is 1.71 bits per heavy atom. The second-order valence-corrected chi connectivity index (χ2v) is 7.00. The highest BCUT2D eigenvalue weighted by molar-refractivity contribution is 6.01. The first kappa shape index (κ1) is 24.9. The summed E-state index contributed by atoms with van der Waals surface area (Å²) >= 11 is 0. The third kappa shape index (κ3) is 4.63. The van der Waals surface area contributed by atoms with Gasteiger partial charge in [0.25, 0.3) is 0 Å². The van der Waals surface area contributed by atoms with Crippen molar-refractivity contribution in [3.63, 3.8) is 0 Å². The smallest absolute Gasteiger partial charge is 0.203 e. The lowest BCUT2D eigenvalue weighted by atomic mass is 9.91. The zero-order valence-corrected chi connectivity index (χ0v) is 21.3. The summed E-state index contributed by atoms with van der Waals surface area (Å²) in [7, 11) is 11.9. The Kier molecular flexibility index (Phi) is 8.67. The standard InChI is InChI=1S/C23H30NO6.HI/c1-24-9-8-15-16(13-20(27-4)23(30-7)21(15)28-5)17(24)10-14-11-18(25-2)22(29-6)19(12-14)26-3;/h11-13H,8-10H2,1-7H3;1H/q+1;/p-1. The van der Waals surface area contributed by atoms with Crippen molar-refractivity contribution in [2.45, 2.75) is 12.8 Å². The van der Waals surface area contributed by atoms with Crippen LogP contribution in [0.5, 0.6) is 34.5 Å². The molecule has 3 rings (SSSR count). The van der Waals surface area contributed by atoms with Gasteiger partial charge in [0.2, 0.25) is 11.5 Å². The summed E-state index contributed by atoms with van der Waals surface area (Å²) in [5.74, 6) is 3.84. The minimum atomic E-state index is 0. The number of hydrogen-bond donors (Lipinski definition) is 0. The largest absolute Gasteiger partial charge is 1.00 e. The van der Waals surface area contributed by atoms with Gasteiger partial charge in [-0.1, -0.05) is 0 Å². The molecule has 0 spiro atoms. The van der Waals surface area contributed by atoms with E-state index in [4.69, 9.17) is 28.4 Å². The molecule has 1 aliphatic rings. The molecule has 0 N–H and O–H groups in total. The molecular weight excluding hydrogens is 513 g/mol. The number of methoxy groups -OCH3 is 6. The maximum Gasteiger partial charge on any atom is 0.203 e. The Morgan fingerprint density at radius 2 is 1.23 bits per heavy atom. The van der Waals surface area contributed by atoms with Crippen molar-refractivity contribution in [2.24, 2.45) is 0 Å². The van der Waals surface area contributed by atoms with Crippen molar-refractivity contribution >= 4 is 5.71 Å². The lowest BCUT2D eigenvalue weighted by molar-refractivity contribution is -0.498. The summed E-state index contributed by atoms with van der Waals surface area (Å²) in [4.78, 5) is 0. The number of hydrogen-bond acceptors (Lipinski definition) is 6. The fourth-order valence-corrected chi connectivity index (χ4v) is 4.00. The van der Waals surface area contributed by atoms with Crippen LogP contribution in [-0.4, -0.2) is 66.5 Å². The van der Waals surface area contributed by atoms with Crippen LogP contribution in [0.3, 0.4) is 0 Å². The van der Waals surface area contributed by atoms with Gasteiger partial charge in [-0.3, -0.25) is 0 Å². The lowest BCUT2D eigenvalue weighted by Gasteiger charge is -2.23. The third-order valence-electron chi connectivity index (χ3n) is 5.50. The van der Waals surface area contributed by atoms with E-state index in [0.717, 1.165) is 41.1 Å². The van der Waals surface area contributed by atoms with Crippen LogP contribution in [0.1, 0.15) is 16.7 Å². The van der Waals surface area contributed by atoms with Gasteiger partial charge >= 0.3 is 0 Å². The highest BCUT2D eigenvalue weighted by Gasteiger charge is 2.31. The number of halogens is 1. The molecule has 0 amide bonds. The summed E-state index contributed by atoms with van der Waals surface area (Å²) in [5.41, 5.74) is 4.42. The molecule has 2 aromatic rings. The summed E-state index contributed by atoms with van der Waals surface area (Å²) in [5, 5.41) is 0. The average Bonchev–Trinajstić information content (AvgIpc) is 2.78. The molecule has 8 heteroatoms. The van der Waals surface area contributed by atoms with E-state index in [1.54, 1.807) is 42.7 Å². The van der Waals surface area contributed by atoms with Gasteiger partial charge < -0.3 is 52.4 Å². The van der Waals surface area contributed by atoms with Crippen molar-refractivity contribution < 1.29 is 57.0 Å². The second-order valence-electron chi connectivity index (χ2n) is 7.00. The normalized spacial score (nSPS) is 12.5. The van der Waals surface area contributed by atoms with E-state index in [2.05, 4.69) is 11.6 Å². The predicted molar refractivity (Wildman–Crippen MR) is 115 cm³/mol. The lowest BCUT2D eigenvalue weighted by Crippen LogP contribution is -3.00. The van der Waals surface area contributed by atoms with Crippen molar-refractivity contribution in [1.82, 2.24) is 0 Å². The fraction of sp³-hybridized carbons (Fsp3) is 0.435. The van der Waals surface area contributed by atoms with E-state index >= 15 is 0 Å². The van der Waals surface area contributed by atoms with Crippen LogP contribution in [0.15, 0.2) is 18.2 Å². The third-order valence-corrected chi connectivity index (χ3v) is 5.50. The van der Waals surface area contributed by atoms with E-state index < -0.39 is 0 Å². The van der Waals surface area contributed by atoms with Crippen LogP contribution in [0.2, 0.25) is 0 Å². The van der Waals surface area contributed by atoms with Crippen molar-refractivity contribution in [3.8, 4) is 34.5 Å². The molecule has 0 bridgehead atoms. The van der Waals surface area contributed by atoms with Gasteiger partial charge in [0.1, 0.15) is 13.6 Å². The average molecular weight is 543 g/mol. The molecule has 31 heavy (non-hydrogen) atoms. The fourth-order valence-electron chi connectivity index (χ4n) is 4.00. The Balaban J connectivity index is 0.00000341. The molecule has 0 unspecified atom stereocenters. The van der Waals surface area contributed by atoms with Gasteiger partial charge in [-0.15, -0.1) is 0 Å². The van der Waals surface area contributed by atoms with Crippen molar-refractivity contribution in [3.05, 3.63) is 34.9 Å². The molecule has 0 fully saturated rings. The molecule has 1 aliphatic heterocycles. The minimum Gasteiger partial charge on any atom is -1.00 e. The van der Waals surface area contributed by atoms with Crippen LogP contribution < -0.4 is 52.4 Å². The number of ether oxygens (including phenoxy) is 6. The van der Waals surface area contributed by atoms with Crippen LogP contribution in [-0.2, 0) is 12.8 Å². The minimum absolute atomic E-state index is 0. The van der Waals surface area contributed by atoms with Gasteiger partial charge in [0.15, 0.2) is 28.7 Å². The molecule has 0 saturated carbocycles. The SMILES string of the molecule is COc1cc(CC2=[N+](C)CCc3c2cc(OC)c(OC)c3OC)cc(OC)c1OC.[I-]. The topological polar surface area (TPSA) is 58.4 Å². The van der Waals surface area contributed by atoms with Crippen LogP contribution >= 0.6 is 0 Å². The molecule has 0 radical (unpaired) electrons. The van der Waals surface area contributed by atoms with Gasteiger partial charge in [-0.2, -0.15) is 0 Å². The summed E-state index contributed by atoms with van der Waals surface area (Å²) in [6.07, 6.45) is 1.53. The zero-order chi connectivity index (χ0) is 21.8. The Morgan fingerprint density at radius 1 is 0.710 bits per heavy atom. The molecule has 0 aromatic heterocycles. The first-order valence-corrected chi connectivity index (χ1v) is 9.70. The van der Waals surface area contributed by atoms with E-state index in [9.17, 15) is 0 Å². The Hall–Kier alpha value is -2.36. The molecule has 0 saturated heterocycles. The maximum absolute atomic E-state index is 5.72. The van der Waals surface area contributed by atoms with Crippen LogP contribution in [0.4, 0.5) is 0 Å². The second kappa shape index (κ2) is 10.8. The van der Waals surface area contributed by atoms with E-state index in [1.165, 1.54) is 0 Å². The number of rotatable bonds is 8. The molecule has 2 aromatic carbocycles. The predicted octanol–water partition coefficient (Wildman–Crippen LogP) is -0.0276. The van der Waals surface area contributed by atoms with Gasteiger partial charge in [-0.05, 0) is 23.8 Å². The van der Waals surface area contributed by atoms with Crippen molar-refractivity contribution in [2.75, 3.05) is 56.3 Å². The maximum atomic E-state index is 5.72. The van der Waals surface area contributed by atoms with E-state index in [-0.39, 0.29) is 24.0 Å². The zero-order valence-electron chi connectivity index (χ0n) is 19.1. The van der Waals surface area contributed by atoms with Crippen molar-refractivity contribution in [1.29, 1.82) is 0 Å². The summed E-state index contributed by atoms with van der Waals surface area (Å²) in [6, 6.07) is 5.99. The molecule has 0 aliphatic carbocycles. The van der Waals surface area contributed by atoms with Gasteiger partial charge in [-0.25, -0.2) is 4.58 Å². The van der Waals surface area contributed by atoms with E-state index in [1.807, 2.05) is 18.2 Å². The first-order chi connectivity index (χ1) is 14.5. The Bertz CT molecular complexity index is 948. The number of benzene rings is 2. The number of nitrogens with zero attached hydrogens (tertiary/aromatic N) is 1. The van der Waals surface area contributed by atoms with Gasteiger partial charge in [0, 0.05) is 12.0 Å². The highest BCUT2D eigenvalue weighted by Crippen LogP contribution is 2.44. The number of fused-ring (bicyclic) bond motifs is 1. The molecule has 170 valence electrons. The van der Waals surface area contributed by atoms with E-state index in [0.29, 0.717) is 35.2 Å². The first-order valence-electron chi connectivity index (χ1n) is 9.70. The molecule has 7 nitrogen and oxygen atoms in total. The quantitative estimate of drug-likeness (QED) is 0.345. The summed E-state index contributed by atoms with van der Waals surface area (Å²) < 4.78 is 35.6. The van der Waals surface area contributed by atoms with Gasteiger partial charge in [0.05, 0.1) is 54.6 Å². The molecule has 1 heterocycles. The summed E-state index contributed by atoms with van der Waals surface area (Å²) in [6.45, 7) is 0.874. The Labute approximate surface area is 200 Å². The molecule has 0 atom stereocenters.